The lowest BCUT2D eigenvalue weighted by atomic mass is 10.1. The molecule has 0 unspecified atom stereocenters. The molecule has 0 fully saturated rings. The number of thioether (sulfide) groups is 1. The molecule has 2 aromatic heterocycles. The van der Waals surface area contributed by atoms with Gasteiger partial charge in [0.25, 0.3) is 0 Å². The number of fused-ring (bicyclic) bond motifs is 1. The summed E-state index contributed by atoms with van der Waals surface area (Å²) in [5.41, 5.74) is 3.35. The molecule has 0 aliphatic carbocycles. The van der Waals surface area contributed by atoms with Gasteiger partial charge in [0.1, 0.15) is 0 Å². The molecule has 0 N–H and O–H groups in total. The van der Waals surface area contributed by atoms with Gasteiger partial charge in [-0.1, -0.05) is 47.7 Å². The van der Waals surface area contributed by atoms with Crippen molar-refractivity contribution in [1.29, 1.82) is 0 Å². The van der Waals surface area contributed by atoms with E-state index in [1.807, 2.05) is 4.68 Å². The van der Waals surface area contributed by atoms with Crippen LogP contribution in [0.5, 0.6) is 0 Å². The maximum atomic E-state index is 4.74. The Bertz CT molecular complexity index is 801. The maximum Gasteiger partial charge on any atom is 0.212 e. The molecule has 0 bridgehead atoms. The second kappa shape index (κ2) is 5.13. The second-order valence-electron chi connectivity index (χ2n) is 4.80. The van der Waals surface area contributed by atoms with Gasteiger partial charge in [-0.15, -0.1) is 21.5 Å². The van der Waals surface area contributed by atoms with Gasteiger partial charge in [0.2, 0.25) is 5.16 Å². The maximum absolute atomic E-state index is 4.74. The van der Waals surface area contributed by atoms with E-state index in [0.29, 0.717) is 0 Å². The van der Waals surface area contributed by atoms with Crippen molar-refractivity contribution in [2.45, 2.75) is 12.1 Å². The van der Waals surface area contributed by atoms with Crippen LogP contribution in [0.15, 0.2) is 52.0 Å². The topological polar surface area (TPSA) is 43.1 Å². The standard InChI is InChI=1S/C15H12N4S2/c1-10-4-6-11(7-5-10)14-16-17-15-19(14)18-12(9-21-15)13-3-2-8-20-13/h2-8H,9H2,1H3. The monoisotopic (exact) mass is 312 g/mol. The van der Waals surface area contributed by atoms with E-state index >= 15 is 0 Å². The van der Waals surface area contributed by atoms with Gasteiger partial charge >= 0.3 is 0 Å². The minimum Gasteiger partial charge on any atom is -0.186 e. The summed E-state index contributed by atoms with van der Waals surface area (Å²) in [4.78, 5) is 1.21. The number of hydrogen-bond donors (Lipinski definition) is 0. The van der Waals surface area contributed by atoms with Crippen molar-refractivity contribution in [3.8, 4) is 11.4 Å². The third-order valence-corrected chi connectivity index (χ3v) is 5.14. The number of hydrogen-bond acceptors (Lipinski definition) is 5. The average Bonchev–Trinajstić information content (AvgIpc) is 3.17. The SMILES string of the molecule is Cc1ccc(-c2nnc3n2N=C(c2cccs2)CS3)cc1. The molecule has 1 aliphatic rings. The zero-order valence-corrected chi connectivity index (χ0v) is 13.0. The van der Waals surface area contributed by atoms with Gasteiger partial charge in [-0.25, -0.2) is 0 Å². The van der Waals surface area contributed by atoms with E-state index in [0.717, 1.165) is 28.0 Å². The number of rotatable bonds is 2. The second-order valence-corrected chi connectivity index (χ2v) is 6.69. The summed E-state index contributed by atoms with van der Waals surface area (Å²) in [5, 5.41) is 16.2. The summed E-state index contributed by atoms with van der Waals surface area (Å²) in [5.74, 6) is 1.64. The van der Waals surface area contributed by atoms with Crippen molar-refractivity contribution in [2.24, 2.45) is 5.10 Å². The lowest BCUT2D eigenvalue weighted by Crippen LogP contribution is -2.12. The number of benzene rings is 1. The van der Waals surface area contributed by atoms with Crippen LogP contribution in [0.2, 0.25) is 0 Å². The molecule has 104 valence electrons. The molecule has 0 saturated carbocycles. The highest BCUT2D eigenvalue weighted by molar-refractivity contribution is 7.99. The molecule has 0 spiro atoms. The Morgan fingerprint density at radius 1 is 1.10 bits per heavy atom. The smallest absolute Gasteiger partial charge is 0.186 e. The molecule has 3 aromatic rings. The van der Waals surface area contributed by atoms with Crippen LogP contribution in [0.4, 0.5) is 0 Å². The zero-order valence-electron chi connectivity index (χ0n) is 11.4. The highest BCUT2D eigenvalue weighted by Crippen LogP contribution is 2.29. The Morgan fingerprint density at radius 2 is 1.95 bits per heavy atom. The summed E-state index contributed by atoms with van der Waals surface area (Å²) in [6, 6.07) is 12.4. The van der Waals surface area contributed by atoms with Gasteiger partial charge in [0.05, 0.1) is 10.6 Å². The molecule has 0 saturated heterocycles. The van der Waals surface area contributed by atoms with E-state index in [1.165, 1.54) is 10.4 Å². The predicted octanol–water partition coefficient (Wildman–Crippen LogP) is 3.67. The van der Waals surface area contributed by atoms with Crippen molar-refractivity contribution in [2.75, 3.05) is 5.75 Å². The molecule has 21 heavy (non-hydrogen) atoms. The minimum atomic E-state index is 0.797. The summed E-state index contributed by atoms with van der Waals surface area (Å²) >= 11 is 3.39. The fourth-order valence-corrected chi connectivity index (χ4v) is 3.80. The number of aromatic nitrogens is 3. The van der Waals surface area contributed by atoms with Crippen LogP contribution >= 0.6 is 23.1 Å². The molecular formula is C15H12N4S2. The molecule has 0 atom stereocenters. The van der Waals surface area contributed by atoms with Crippen LogP contribution in [0, 0.1) is 6.92 Å². The molecule has 6 heteroatoms. The van der Waals surface area contributed by atoms with Crippen molar-refractivity contribution >= 4 is 28.8 Å². The Hall–Kier alpha value is -1.92. The van der Waals surface area contributed by atoms with Crippen LogP contribution < -0.4 is 0 Å². The van der Waals surface area contributed by atoms with E-state index in [2.05, 4.69) is 58.9 Å². The van der Waals surface area contributed by atoms with Crippen LogP contribution in [0.25, 0.3) is 11.4 Å². The van der Waals surface area contributed by atoms with Gasteiger partial charge in [0.15, 0.2) is 5.82 Å². The quantitative estimate of drug-likeness (QED) is 0.725. The van der Waals surface area contributed by atoms with Gasteiger partial charge < -0.3 is 0 Å². The van der Waals surface area contributed by atoms with Crippen LogP contribution in [-0.4, -0.2) is 26.3 Å². The third-order valence-electron chi connectivity index (χ3n) is 3.29. The summed E-state index contributed by atoms with van der Waals surface area (Å²) < 4.78 is 1.86. The summed E-state index contributed by atoms with van der Waals surface area (Å²) in [6.45, 7) is 2.08. The lowest BCUT2D eigenvalue weighted by molar-refractivity contribution is 0.763. The van der Waals surface area contributed by atoms with Crippen LogP contribution in [-0.2, 0) is 0 Å². The van der Waals surface area contributed by atoms with E-state index in [4.69, 9.17) is 5.10 Å². The summed E-state index contributed by atoms with van der Waals surface area (Å²) in [6.07, 6.45) is 0. The summed E-state index contributed by atoms with van der Waals surface area (Å²) in [7, 11) is 0. The van der Waals surface area contributed by atoms with Crippen LogP contribution in [0.1, 0.15) is 10.4 Å². The van der Waals surface area contributed by atoms with Gasteiger partial charge in [0, 0.05) is 11.3 Å². The highest BCUT2D eigenvalue weighted by atomic mass is 32.2. The van der Waals surface area contributed by atoms with E-state index in [9.17, 15) is 0 Å². The number of aryl methyl sites for hydroxylation is 1. The van der Waals surface area contributed by atoms with Crippen molar-refractivity contribution in [3.63, 3.8) is 0 Å². The van der Waals surface area contributed by atoms with Gasteiger partial charge in [-0.2, -0.15) is 9.78 Å². The predicted molar refractivity (Wildman–Crippen MR) is 87.2 cm³/mol. The first-order valence-corrected chi connectivity index (χ1v) is 8.45. The van der Waals surface area contributed by atoms with E-state index in [-0.39, 0.29) is 0 Å². The molecule has 4 rings (SSSR count). The zero-order chi connectivity index (χ0) is 14.2. The Labute approximate surface area is 130 Å². The fourth-order valence-electron chi connectivity index (χ4n) is 2.17. The molecule has 4 nitrogen and oxygen atoms in total. The Balaban J connectivity index is 1.81. The minimum absolute atomic E-state index is 0.797. The van der Waals surface area contributed by atoms with Gasteiger partial charge in [-0.3, -0.25) is 0 Å². The molecular weight excluding hydrogens is 300 g/mol. The fraction of sp³-hybridized carbons (Fsp3) is 0.133. The first kappa shape index (κ1) is 12.8. The first-order chi connectivity index (χ1) is 10.3. The highest BCUT2D eigenvalue weighted by Gasteiger charge is 2.20. The molecule has 1 aromatic carbocycles. The Morgan fingerprint density at radius 3 is 2.71 bits per heavy atom. The average molecular weight is 312 g/mol. The molecule has 3 heterocycles. The van der Waals surface area contributed by atoms with Crippen molar-refractivity contribution < 1.29 is 0 Å². The largest absolute Gasteiger partial charge is 0.212 e. The molecule has 1 aliphatic heterocycles. The molecule has 0 radical (unpaired) electrons. The first-order valence-electron chi connectivity index (χ1n) is 6.58. The van der Waals surface area contributed by atoms with Crippen LogP contribution in [0.3, 0.4) is 0 Å². The third kappa shape index (κ3) is 2.30. The van der Waals surface area contributed by atoms with E-state index in [1.54, 1.807) is 23.1 Å². The number of thiophene rings is 1. The Kier molecular flexibility index (Phi) is 3.12. The van der Waals surface area contributed by atoms with E-state index < -0.39 is 0 Å². The molecule has 0 amide bonds. The number of nitrogens with zero attached hydrogens (tertiary/aromatic N) is 4. The normalized spacial score (nSPS) is 13.9. The van der Waals surface area contributed by atoms with Crippen molar-refractivity contribution in [3.05, 3.63) is 52.2 Å². The van der Waals surface area contributed by atoms with Crippen molar-refractivity contribution in [1.82, 2.24) is 14.9 Å². The lowest BCUT2D eigenvalue weighted by Gasteiger charge is -2.12. The van der Waals surface area contributed by atoms with Gasteiger partial charge in [-0.05, 0) is 18.4 Å².